The summed E-state index contributed by atoms with van der Waals surface area (Å²) in [5.74, 6) is 2.02. The van der Waals surface area contributed by atoms with Gasteiger partial charge in [-0.2, -0.15) is 11.8 Å². The Hall–Kier alpha value is 0.270. The summed E-state index contributed by atoms with van der Waals surface area (Å²) >= 11 is 2.08. The van der Waals surface area contributed by atoms with Crippen molar-refractivity contribution in [3.63, 3.8) is 0 Å². The van der Waals surface area contributed by atoms with Crippen molar-refractivity contribution in [1.82, 2.24) is 5.32 Å². The highest BCUT2D eigenvalue weighted by molar-refractivity contribution is 7.99. The minimum atomic E-state index is 0.0311. The second-order valence-electron chi connectivity index (χ2n) is 5.06. The van der Waals surface area contributed by atoms with Crippen molar-refractivity contribution in [3.05, 3.63) is 0 Å². The van der Waals surface area contributed by atoms with E-state index in [0.29, 0.717) is 6.61 Å². The fourth-order valence-corrected chi connectivity index (χ4v) is 3.66. The van der Waals surface area contributed by atoms with Gasteiger partial charge in [0.1, 0.15) is 0 Å². The van der Waals surface area contributed by atoms with E-state index in [9.17, 15) is 5.11 Å². The second kappa shape index (κ2) is 6.12. The molecule has 90 valence electrons. The van der Waals surface area contributed by atoms with Gasteiger partial charge in [0.15, 0.2) is 0 Å². The van der Waals surface area contributed by atoms with Gasteiger partial charge in [-0.1, -0.05) is 20.8 Å². The summed E-state index contributed by atoms with van der Waals surface area (Å²) in [5.41, 5.74) is 0.0311. The summed E-state index contributed by atoms with van der Waals surface area (Å²) in [6.45, 7) is 7.91. The Balaban J connectivity index is 2.35. The number of aliphatic hydroxyl groups excluding tert-OH is 1. The molecular weight excluding hydrogens is 206 g/mol. The first-order valence-electron chi connectivity index (χ1n) is 6.09. The second-order valence-corrected chi connectivity index (χ2v) is 6.39. The zero-order valence-corrected chi connectivity index (χ0v) is 11.1. The lowest BCUT2D eigenvalue weighted by molar-refractivity contribution is 0.167. The standard InChI is InChI=1S/C12H25NOS/c1-4-13-12(9-14)6-5-11(7-12)15-8-10(2)3/h10-11,13-14H,4-9H2,1-3H3. The maximum atomic E-state index is 9.47. The van der Waals surface area contributed by atoms with E-state index in [1.165, 1.54) is 12.2 Å². The summed E-state index contributed by atoms with van der Waals surface area (Å²) < 4.78 is 0. The number of hydrogen-bond donors (Lipinski definition) is 2. The van der Waals surface area contributed by atoms with Crippen molar-refractivity contribution in [2.75, 3.05) is 18.9 Å². The molecule has 0 aliphatic heterocycles. The molecule has 1 rings (SSSR count). The first kappa shape index (κ1) is 13.3. The van der Waals surface area contributed by atoms with E-state index in [1.54, 1.807) is 0 Å². The van der Waals surface area contributed by atoms with Crippen molar-refractivity contribution >= 4 is 11.8 Å². The average Bonchev–Trinajstić information content (AvgIpc) is 2.60. The van der Waals surface area contributed by atoms with Gasteiger partial charge in [0.05, 0.1) is 6.61 Å². The summed E-state index contributed by atoms with van der Waals surface area (Å²) in [4.78, 5) is 0. The monoisotopic (exact) mass is 231 g/mol. The third kappa shape index (κ3) is 3.97. The molecule has 1 saturated carbocycles. The van der Waals surface area contributed by atoms with E-state index in [0.717, 1.165) is 30.6 Å². The molecule has 1 fully saturated rings. The predicted molar refractivity (Wildman–Crippen MR) is 68.4 cm³/mol. The molecule has 0 saturated heterocycles. The van der Waals surface area contributed by atoms with E-state index < -0.39 is 0 Å². The lowest BCUT2D eigenvalue weighted by Crippen LogP contribution is -2.46. The Kier molecular flexibility index (Phi) is 5.44. The molecule has 2 N–H and O–H groups in total. The van der Waals surface area contributed by atoms with E-state index in [1.807, 2.05) is 0 Å². The molecular formula is C12H25NOS. The number of thioether (sulfide) groups is 1. The van der Waals surface area contributed by atoms with Crippen LogP contribution in [0.1, 0.15) is 40.0 Å². The third-order valence-electron chi connectivity index (χ3n) is 3.08. The van der Waals surface area contributed by atoms with Crippen LogP contribution in [-0.4, -0.2) is 34.8 Å². The highest BCUT2D eigenvalue weighted by Crippen LogP contribution is 2.37. The van der Waals surface area contributed by atoms with E-state index in [-0.39, 0.29) is 5.54 Å². The van der Waals surface area contributed by atoms with Crippen LogP contribution in [0, 0.1) is 5.92 Å². The van der Waals surface area contributed by atoms with Gasteiger partial charge in [0.25, 0.3) is 0 Å². The van der Waals surface area contributed by atoms with Crippen molar-refractivity contribution < 1.29 is 5.11 Å². The fraction of sp³-hybridized carbons (Fsp3) is 1.00. The Morgan fingerprint density at radius 3 is 2.80 bits per heavy atom. The molecule has 2 nitrogen and oxygen atoms in total. The number of hydrogen-bond acceptors (Lipinski definition) is 3. The van der Waals surface area contributed by atoms with Crippen LogP contribution in [0.15, 0.2) is 0 Å². The Bertz CT molecular complexity index is 186. The molecule has 2 atom stereocenters. The van der Waals surface area contributed by atoms with Gasteiger partial charge in [-0.3, -0.25) is 0 Å². The van der Waals surface area contributed by atoms with Gasteiger partial charge in [0, 0.05) is 10.8 Å². The van der Waals surface area contributed by atoms with Gasteiger partial charge in [-0.25, -0.2) is 0 Å². The number of rotatable bonds is 6. The highest BCUT2D eigenvalue weighted by Gasteiger charge is 2.37. The van der Waals surface area contributed by atoms with Crippen molar-refractivity contribution in [2.24, 2.45) is 5.92 Å². The molecule has 0 aromatic heterocycles. The zero-order chi connectivity index (χ0) is 11.3. The molecule has 3 heteroatoms. The van der Waals surface area contributed by atoms with Gasteiger partial charge in [-0.15, -0.1) is 0 Å². The minimum absolute atomic E-state index is 0.0311. The molecule has 1 aliphatic carbocycles. The van der Waals surface area contributed by atoms with Crippen LogP contribution >= 0.6 is 11.8 Å². The van der Waals surface area contributed by atoms with Gasteiger partial charge < -0.3 is 10.4 Å². The molecule has 0 amide bonds. The van der Waals surface area contributed by atoms with Crippen LogP contribution in [0.4, 0.5) is 0 Å². The highest BCUT2D eigenvalue weighted by atomic mass is 32.2. The van der Waals surface area contributed by atoms with Crippen molar-refractivity contribution in [2.45, 2.75) is 50.8 Å². The summed E-state index contributed by atoms with van der Waals surface area (Å²) in [6, 6.07) is 0. The van der Waals surface area contributed by atoms with Crippen LogP contribution in [-0.2, 0) is 0 Å². The number of aliphatic hydroxyl groups is 1. The molecule has 0 aromatic rings. The van der Waals surface area contributed by atoms with Gasteiger partial charge >= 0.3 is 0 Å². The molecule has 0 heterocycles. The number of likely N-dealkylation sites (N-methyl/N-ethyl adjacent to an activating group) is 1. The smallest absolute Gasteiger partial charge is 0.0613 e. The molecule has 0 aromatic carbocycles. The lowest BCUT2D eigenvalue weighted by Gasteiger charge is -2.28. The zero-order valence-electron chi connectivity index (χ0n) is 10.3. The van der Waals surface area contributed by atoms with Crippen LogP contribution < -0.4 is 5.32 Å². The van der Waals surface area contributed by atoms with Crippen LogP contribution in [0.25, 0.3) is 0 Å². The van der Waals surface area contributed by atoms with Crippen LogP contribution in [0.5, 0.6) is 0 Å². The lowest BCUT2D eigenvalue weighted by atomic mass is 9.99. The van der Waals surface area contributed by atoms with E-state index in [4.69, 9.17) is 0 Å². The predicted octanol–water partition coefficient (Wildman–Crippen LogP) is 2.27. The molecule has 2 unspecified atom stereocenters. The molecule has 0 radical (unpaired) electrons. The summed E-state index contributed by atoms with van der Waals surface area (Å²) in [7, 11) is 0. The molecule has 15 heavy (non-hydrogen) atoms. The van der Waals surface area contributed by atoms with Crippen LogP contribution in [0.3, 0.4) is 0 Å². The van der Waals surface area contributed by atoms with Gasteiger partial charge in [0.2, 0.25) is 0 Å². The maximum absolute atomic E-state index is 9.47. The van der Waals surface area contributed by atoms with Gasteiger partial charge in [-0.05, 0) is 37.5 Å². The summed E-state index contributed by atoms with van der Waals surface area (Å²) in [5, 5.41) is 13.7. The SMILES string of the molecule is CCNC1(CO)CCC(SCC(C)C)C1. The third-order valence-corrected chi connectivity index (χ3v) is 4.82. The van der Waals surface area contributed by atoms with Crippen LogP contribution in [0.2, 0.25) is 0 Å². The quantitative estimate of drug-likeness (QED) is 0.735. The van der Waals surface area contributed by atoms with Crippen molar-refractivity contribution in [1.29, 1.82) is 0 Å². The summed E-state index contributed by atoms with van der Waals surface area (Å²) in [6.07, 6.45) is 3.52. The van der Waals surface area contributed by atoms with E-state index in [2.05, 4.69) is 37.8 Å². The topological polar surface area (TPSA) is 32.3 Å². The Morgan fingerprint density at radius 2 is 2.27 bits per heavy atom. The molecule has 0 bridgehead atoms. The minimum Gasteiger partial charge on any atom is -0.394 e. The number of nitrogens with one attached hydrogen (secondary N) is 1. The van der Waals surface area contributed by atoms with Crippen molar-refractivity contribution in [3.8, 4) is 0 Å². The first-order valence-corrected chi connectivity index (χ1v) is 7.14. The Labute approximate surface area is 98.2 Å². The Morgan fingerprint density at radius 1 is 1.53 bits per heavy atom. The van der Waals surface area contributed by atoms with E-state index >= 15 is 0 Å². The molecule has 0 spiro atoms. The largest absolute Gasteiger partial charge is 0.394 e. The fourth-order valence-electron chi connectivity index (χ4n) is 2.28. The normalized spacial score (nSPS) is 31.4. The average molecular weight is 231 g/mol. The maximum Gasteiger partial charge on any atom is 0.0613 e. The molecule has 1 aliphatic rings. The first-order chi connectivity index (χ1) is 7.12.